The summed E-state index contributed by atoms with van der Waals surface area (Å²) in [5, 5.41) is 0. The van der Waals surface area contributed by atoms with Crippen LogP contribution in [-0.4, -0.2) is 14.5 Å². The molecule has 96 valence electrons. The van der Waals surface area contributed by atoms with Gasteiger partial charge in [-0.15, -0.1) is 0 Å². The third-order valence-corrected chi connectivity index (χ3v) is 3.24. The number of nitrogens with zero attached hydrogens (tertiary/aromatic N) is 2. The highest BCUT2D eigenvalue weighted by molar-refractivity contribution is 7.71. The number of benzene rings is 1. The number of nitrogens with one attached hydrogen (secondary N) is 1. The van der Waals surface area contributed by atoms with Crippen molar-refractivity contribution in [2.24, 2.45) is 0 Å². The number of rotatable bonds is 3. The first kappa shape index (κ1) is 11.9. The van der Waals surface area contributed by atoms with Gasteiger partial charge in [-0.25, -0.2) is 4.98 Å². The molecule has 2 heterocycles. The van der Waals surface area contributed by atoms with Crippen molar-refractivity contribution in [1.29, 1.82) is 0 Å². The van der Waals surface area contributed by atoms with Crippen LogP contribution in [0.25, 0.3) is 11.3 Å². The first-order valence-corrected chi connectivity index (χ1v) is 6.40. The summed E-state index contributed by atoms with van der Waals surface area (Å²) >= 11 is 5.32. The fourth-order valence-electron chi connectivity index (χ4n) is 2.01. The molecule has 1 N–H and O–H groups in total. The van der Waals surface area contributed by atoms with Crippen LogP contribution in [0.15, 0.2) is 47.1 Å². The predicted molar refractivity (Wildman–Crippen MR) is 75.4 cm³/mol. The van der Waals surface area contributed by atoms with Gasteiger partial charge < -0.3 is 14.0 Å². The highest BCUT2D eigenvalue weighted by Gasteiger charge is 2.09. The van der Waals surface area contributed by atoms with Gasteiger partial charge in [0.25, 0.3) is 0 Å². The van der Waals surface area contributed by atoms with Gasteiger partial charge in [-0.3, -0.25) is 0 Å². The van der Waals surface area contributed by atoms with Gasteiger partial charge in [0.15, 0.2) is 4.77 Å². The van der Waals surface area contributed by atoms with Crippen molar-refractivity contribution in [3.63, 3.8) is 0 Å². The molecular formula is C14H13N3OS. The molecule has 3 rings (SSSR count). The van der Waals surface area contributed by atoms with Crippen LogP contribution in [0, 0.1) is 11.7 Å². The van der Waals surface area contributed by atoms with Crippen LogP contribution in [-0.2, 0) is 6.54 Å². The van der Waals surface area contributed by atoms with Gasteiger partial charge in [-0.1, -0.05) is 30.3 Å². The van der Waals surface area contributed by atoms with E-state index in [1.165, 1.54) is 0 Å². The number of hydrogen-bond donors (Lipinski definition) is 1. The first-order valence-electron chi connectivity index (χ1n) is 5.99. The van der Waals surface area contributed by atoms with Gasteiger partial charge in [0.2, 0.25) is 5.89 Å². The minimum atomic E-state index is 0.528. The molecule has 0 bridgehead atoms. The van der Waals surface area contributed by atoms with E-state index in [2.05, 4.69) is 22.1 Å². The van der Waals surface area contributed by atoms with Gasteiger partial charge in [0.1, 0.15) is 12.3 Å². The summed E-state index contributed by atoms with van der Waals surface area (Å²) in [4.78, 5) is 7.29. The number of oxazole rings is 1. The Kier molecular flexibility index (Phi) is 3.05. The van der Waals surface area contributed by atoms with Gasteiger partial charge in [0.05, 0.1) is 11.9 Å². The van der Waals surface area contributed by atoms with E-state index < -0.39 is 0 Å². The normalized spacial score (nSPS) is 10.8. The van der Waals surface area contributed by atoms with Gasteiger partial charge in [0, 0.05) is 6.20 Å². The molecule has 3 aromatic rings. The largest absolute Gasteiger partial charge is 0.444 e. The maximum absolute atomic E-state index is 5.51. The highest BCUT2D eigenvalue weighted by Crippen LogP contribution is 2.20. The topological polar surface area (TPSA) is 46.8 Å². The number of hydrogen-bond acceptors (Lipinski definition) is 3. The summed E-state index contributed by atoms with van der Waals surface area (Å²) < 4.78 is 8.15. The van der Waals surface area contributed by atoms with E-state index in [-0.39, 0.29) is 0 Å². The Balaban J connectivity index is 2.02. The van der Waals surface area contributed by atoms with Crippen LogP contribution in [0.3, 0.4) is 0 Å². The zero-order valence-corrected chi connectivity index (χ0v) is 11.3. The average Bonchev–Trinajstić information content (AvgIpc) is 2.99. The molecule has 0 unspecified atom stereocenters. The van der Waals surface area contributed by atoms with E-state index in [1.54, 1.807) is 6.20 Å². The molecule has 19 heavy (non-hydrogen) atoms. The molecule has 2 aromatic heterocycles. The third-order valence-electron chi connectivity index (χ3n) is 2.90. The molecule has 0 radical (unpaired) electrons. The number of aromatic amines is 1. The fraction of sp³-hybridized carbons (Fsp3) is 0.143. The van der Waals surface area contributed by atoms with Crippen molar-refractivity contribution in [3.05, 3.63) is 59.1 Å². The Hall–Kier alpha value is -2.14. The van der Waals surface area contributed by atoms with Crippen LogP contribution in [0.2, 0.25) is 0 Å². The van der Waals surface area contributed by atoms with Crippen molar-refractivity contribution >= 4 is 12.2 Å². The lowest BCUT2D eigenvalue weighted by Crippen LogP contribution is -2.02. The van der Waals surface area contributed by atoms with Crippen LogP contribution in [0.4, 0.5) is 0 Å². The summed E-state index contributed by atoms with van der Waals surface area (Å²) in [5.41, 5.74) is 2.14. The Bertz CT molecular complexity index is 739. The fourth-order valence-corrected chi connectivity index (χ4v) is 2.23. The van der Waals surface area contributed by atoms with E-state index in [1.807, 2.05) is 35.9 Å². The Morgan fingerprint density at radius 2 is 2.11 bits per heavy atom. The van der Waals surface area contributed by atoms with Crippen molar-refractivity contribution in [2.75, 3.05) is 0 Å². The molecule has 0 fully saturated rings. The van der Waals surface area contributed by atoms with Crippen LogP contribution in [0.1, 0.15) is 11.7 Å². The SMILES string of the molecule is Cc1cnc(Cn2c(-c3ccccc3)c[nH]c2=S)o1. The molecule has 4 nitrogen and oxygen atoms in total. The molecule has 0 aliphatic carbocycles. The second kappa shape index (κ2) is 4.85. The quantitative estimate of drug-likeness (QED) is 0.741. The second-order valence-corrected chi connectivity index (χ2v) is 4.68. The van der Waals surface area contributed by atoms with Crippen LogP contribution < -0.4 is 0 Å². The van der Waals surface area contributed by atoms with Crippen molar-refractivity contribution in [1.82, 2.24) is 14.5 Å². The van der Waals surface area contributed by atoms with Crippen LogP contribution >= 0.6 is 12.2 Å². The van der Waals surface area contributed by atoms with E-state index in [9.17, 15) is 0 Å². The average molecular weight is 271 g/mol. The first-order chi connectivity index (χ1) is 9.24. The second-order valence-electron chi connectivity index (χ2n) is 4.30. The minimum Gasteiger partial charge on any atom is -0.444 e. The Morgan fingerprint density at radius 1 is 1.32 bits per heavy atom. The lowest BCUT2D eigenvalue weighted by molar-refractivity contribution is 0.457. The summed E-state index contributed by atoms with van der Waals surface area (Å²) in [7, 11) is 0. The lowest BCUT2D eigenvalue weighted by Gasteiger charge is -2.05. The number of aryl methyl sites for hydroxylation is 1. The van der Waals surface area contributed by atoms with Gasteiger partial charge in [-0.2, -0.15) is 0 Å². The molecule has 1 aromatic carbocycles. The summed E-state index contributed by atoms with van der Waals surface area (Å²) in [5.74, 6) is 1.46. The highest BCUT2D eigenvalue weighted by atomic mass is 32.1. The summed E-state index contributed by atoms with van der Waals surface area (Å²) in [6.45, 7) is 2.41. The van der Waals surface area contributed by atoms with Gasteiger partial charge in [-0.05, 0) is 24.7 Å². The van der Waals surface area contributed by atoms with E-state index in [0.29, 0.717) is 17.2 Å². The van der Waals surface area contributed by atoms with Gasteiger partial charge >= 0.3 is 0 Å². The molecule has 0 spiro atoms. The Morgan fingerprint density at radius 3 is 2.79 bits per heavy atom. The predicted octanol–water partition coefficient (Wildman–Crippen LogP) is 3.56. The summed E-state index contributed by atoms with van der Waals surface area (Å²) in [6, 6.07) is 10.1. The molecule has 0 saturated heterocycles. The number of imidazole rings is 1. The molecule has 5 heteroatoms. The number of H-pyrrole nitrogens is 1. The van der Waals surface area contributed by atoms with Crippen molar-refractivity contribution in [2.45, 2.75) is 13.5 Å². The molecule has 0 aliphatic rings. The van der Waals surface area contributed by atoms with Crippen molar-refractivity contribution in [3.8, 4) is 11.3 Å². The smallest absolute Gasteiger partial charge is 0.214 e. The maximum Gasteiger partial charge on any atom is 0.214 e. The number of aromatic nitrogens is 3. The minimum absolute atomic E-state index is 0.528. The zero-order valence-electron chi connectivity index (χ0n) is 10.5. The zero-order chi connectivity index (χ0) is 13.2. The standard InChI is InChI=1S/C14H13N3OS/c1-10-7-15-13(18-10)9-17-12(8-16-14(17)19)11-5-3-2-4-6-11/h2-8H,9H2,1H3,(H,16,19). The van der Waals surface area contributed by atoms with E-state index in [4.69, 9.17) is 16.6 Å². The summed E-state index contributed by atoms with van der Waals surface area (Å²) in [6.07, 6.45) is 3.63. The van der Waals surface area contributed by atoms with Crippen LogP contribution in [0.5, 0.6) is 0 Å². The monoisotopic (exact) mass is 271 g/mol. The lowest BCUT2D eigenvalue weighted by atomic mass is 10.2. The molecule has 0 aliphatic heterocycles. The van der Waals surface area contributed by atoms with E-state index in [0.717, 1.165) is 17.0 Å². The molecule has 0 amide bonds. The molecule has 0 saturated carbocycles. The Labute approximate surface area is 115 Å². The van der Waals surface area contributed by atoms with Crippen molar-refractivity contribution < 1.29 is 4.42 Å². The maximum atomic E-state index is 5.51. The molecule has 0 atom stereocenters. The van der Waals surface area contributed by atoms with E-state index >= 15 is 0 Å². The molecular weight excluding hydrogens is 258 g/mol. The third kappa shape index (κ3) is 2.37.